The molecule has 0 saturated heterocycles. The van der Waals surface area contributed by atoms with Crippen molar-refractivity contribution < 1.29 is 14.4 Å². The Bertz CT molecular complexity index is 960. The van der Waals surface area contributed by atoms with Gasteiger partial charge < -0.3 is 19.8 Å². The van der Waals surface area contributed by atoms with E-state index in [1.54, 1.807) is 6.07 Å². The van der Waals surface area contributed by atoms with Crippen LogP contribution >= 0.6 is 0 Å². The number of fused-ring (bicyclic) bond motifs is 2. The predicted octanol–water partition coefficient (Wildman–Crippen LogP) is 2.51. The Balaban J connectivity index is 2.10. The molecule has 6 nitrogen and oxygen atoms in total. The van der Waals surface area contributed by atoms with Gasteiger partial charge in [0.1, 0.15) is 5.52 Å². The fourth-order valence-corrected chi connectivity index (χ4v) is 3.21. The molecule has 0 spiro atoms. The van der Waals surface area contributed by atoms with Gasteiger partial charge in [-0.2, -0.15) is 0 Å². The number of hydrogen-bond donors (Lipinski definition) is 2. The van der Waals surface area contributed by atoms with Crippen molar-refractivity contribution in [1.82, 2.24) is 5.16 Å². The average Bonchev–Trinajstić information content (AvgIpc) is 3.02. The largest absolute Gasteiger partial charge is 0.395 e. The van der Waals surface area contributed by atoms with Crippen LogP contribution in [0.5, 0.6) is 0 Å². The lowest BCUT2D eigenvalue weighted by Crippen LogP contribution is -2.17. The van der Waals surface area contributed by atoms with Crippen molar-refractivity contribution in [3.8, 4) is 11.3 Å². The first-order chi connectivity index (χ1) is 11.6. The number of carbonyl (C=O) groups is 1. The van der Waals surface area contributed by atoms with Crippen LogP contribution in [0.3, 0.4) is 0 Å². The van der Waals surface area contributed by atoms with Crippen LogP contribution in [0.15, 0.2) is 34.9 Å². The van der Waals surface area contributed by atoms with E-state index in [2.05, 4.69) is 10.5 Å². The summed E-state index contributed by atoms with van der Waals surface area (Å²) in [5.41, 5.74) is 4.14. The second kappa shape index (κ2) is 5.35. The van der Waals surface area contributed by atoms with Gasteiger partial charge in [-0.15, -0.1) is 0 Å². The lowest BCUT2D eigenvalue weighted by Gasteiger charge is -2.21. The van der Waals surface area contributed by atoms with Gasteiger partial charge in [0.15, 0.2) is 11.5 Å². The van der Waals surface area contributed by atoms with Crippen molar-refractivity contribution in [2.75, 3.05) is 37.5 Å². The first kappa shape index (κ1) is 14.7. The Hall–Kier alpha value is -2.86. The van der Waals surface area contributed by atoms with Gasteiger partial charge >= 0.3 is 0 Å². The molecule has 1 aliphatic carbocycles. The van der Waals surface area contributed by atoms with Crippen molar-refractivity contribution in [1.29, 1.82) is 0 Å². The number of nitrogens with one attached hydrogen (secondary N) is 1. The summed E-state index contributed by atoms with van der Waals surface area (Å²) in [7, 11) is 3.83. The third-order valence-corrected chi connectivity index (χ3v) is 4.29. The number of aromatic nitrogens is 1. The summed E-state index contributed by atoms with van der Waals surface area (Å²) >= 11 is 0. The quantitative estimate of drug-likeness (QED) is 0.601. The number of ketones is 1. The zero-order chi connectivity index (χ0) is 16.8. The molecule has 0 saturated carbocycles. The summed E-state index contributed by atoms with van der Waals surface area (Å²) < 4.78 is 5.62. The van der Waals surface area contributed by atoms with Gasteiger partial charge in [0.25, 0.3) is 0 Å². The second-order valence-corrected chi connectivity index (χ2v) is 5.97. The highest BCUT2D eigenvalue weighted by Crippen LogP contribution is 2.45. The minimum atomic E-state index is -0.0583. The monoisotopic (exact) mass is 323 g/mol. The fraction of sp³-hybridized carbons (Fsp3) is 0.222. The van der Waals surface area contributed by atoms with E-state index in [0.717, 1.165) is 16.6 Å². The molecule has 0 aliphatic heterocycles. The van der Waals surface area contributed by atoms with E-state index in [9.17, 15) is 4.79 Å². The minimum Gasteiger partial charge on any atom is -0.395 e. The molecule has 0 atom stereocenters. The molecule has 4 rings (SSSR count). The Morgan fingerprint density at radius 1 is 1.25 bits per heavy atom. The highest BCUT2D eigenvalue weighted by molar-refractivity contribution is 6.28. The molecule has 0 fully saturated rings. The molecule has 2 N–H and O–H groups in total. The van der Waals surface area contributed by atoms with Gasteiger partial charge in [-0.25, -0.2) is 0 Å². The van der Waals surface area contributed by atoms with Crippen LogP contribution in [0.25, 0.3) is 22.2 Å². The maximum atomic E-state index is 13.1. The van der Waals surface area contributed by atoms with Gasteiger partial charge in [-0.3, -0.25) is 4.79 Å². The van der Waals surface area contributed by atoms with Crippen molar-refractivity contribution in [3.05, 3.63) is 41.5 Å². The molecule has 24 heavy (non-hydrogen) atoms. The van der Waals surface area contributed by atoms with Crippen LogP contribution in [0.4, 0.5) is 11.4 Å². The molecule has 122 valence electrons. The van der Waals surface area contributed by atoms with Gasteiger partial charge in [0.05, 0.1) is 23.2 Å². The van der Waals surface area contributed by atoms with E-state index in [-0.39, 0.29) is 12.4 Å². The lowest BCUT2D eigenvalue weighted by molar-refractivity contribution is 0.104. The molecular weight excluding hydrogens is 306 g/mol. The first-order valence-electron chi connectivity index (χ1n) is 7.76. The summed E-state index contributed by atoms with van der Waals surface area (Å²) in [5, 5.41) is 17.2. The fourth-order valence-electron chi connectivity index (χ4n) is 3.21. The van der Waals surface area contributed by atoms with Gasteiger partial charge in [0, 0.05) is 37.5 Å². The van der Waals surface area contributed by atoms with Crippen LogP contribution in [0.1, 0.15) is 15.9 Å². The summed E-state index contributed by atoms with van der Waals surface area (Å²) in [5.74, 6) is 0.558. The smallest absolute Gasteiger partial charge is 0.196 e. The van der Waals surface area contributed by atoms with Crippen molar-refractivity contribution in [2.24, 2.45) is 0 Å². The number of hydrogen-bond acceptors (Lipinski definition) is 6. The van der Waals surface area contributed by atoms with Crippen molar-refractivity contribution in [3.63, 3.8) is 0 Å². The number of carbonyl (C=O) groups excluding carboxylic acids is 1. The molecule has 2 aromatic carbocycles. The highest BCUT2D eigenvalue weighted by Gasteiger charge is 2.32. The van der Waals surface area contributed by atoms with E-state index >= 15 is 0 Å². The molecule has 1 aliphatic rings. The minimum absolute atomic E-state index is 0.0178. The van der Waals surface area contributed by atoms with Gasteiger partial charge in [-0.1, -0.05) is 29.4 Å². The van der Waals surface area contributed by atoms with E-state index in [1.807, 2.05) is 43.3 Å². The normalized spacial score (nSPS) is 12.4. The van der Waals surface area contributed by atoms with Crippen LogP contribution in [-0.2, 0) is 0 Å². The standard InChI is InChI=1S/C18H17N3O3/c1-21(2)13-9-12(19-7-8-22)14-15-16(13)20-24-18(15)11-6-4-3-5-10(11)17(14)23/h3-6,9,19,22H,7-8H2,1-2H3. The third kappa shape index (κ3) is 1.93. The maximum absolute atomic E-state index is 13.1. The number of aliphatic hydroxyl groups excluding tert-OH is 1. The molecule has 1 heterocycles. The summed E-state index contributed by atoms with van der Waals surface area (Å²) in [6.45, 7) is 0.344. The zero-order valence-electron chi connectivity index (χ0n) is 13.5. The number of anilines is 2. The van der Waals surface area contributed by atoms with E-state index in [1.165, 1.54) is 0 Å². The SMILES string of the molecule is CN(C)c1cc(NCCO)c2c3c(onc13)-c1ccccc1C2=O. The topological polar surface area (TPSA) is 78.6 Å². The van der Waals surface area contributed by atoms with Crippen LogP contribution in [-0.4, -0.2) is 43.3 Å². The highest BCUT2D eigenvalue weighted by atomic mass is 16.5. The first-order valence-corrected chi connectivity index (χ1v) is 7.76. The maximum Gasteiger partial charge on any atom is 0.196 e. The molecule has 0 radical (unpaired) electrons. The molecule has 1 aromatic heterocycles. The molecule has 0 unspecified atom stereocenters. The lowest BCUT2D eigenvalue weighted by atomic mass is 9.86. The molecule has 3 aromatic rings. The summed E-state index contributed by atoms with van der Waals surface area (Å²) in [6.07, 6.45) is 0. The van der Waals surface area contributed by atoms with Gasteiger partial charge in [0.2, 0.25) is 0 Å². The Morgan fingerprint density at radius 2 is 2.00 bits per heavy atom. The predicted molar refractivity (Wildman–Crippen MR) is 92.8 cm³/mol. The Labute approximate surface area is 138 Å². The van der Waals surface area contributed by atoms with Gasteiger partial charge in [-0.05, 0) is 6.07 Å². The molecular formula is C18H17N3O3. The van der Waals surface area contributed by atoms with E-state index < -0.39 is 0 Å². The van der Waals surface area contributed by atoms with E-state index in [4.69, 9.17) is 9.63 Å². The Kier molecular flexibility index (Phi) is 3.28. The molecule has 6 heteroatoms. The third-order valence-electron chi connectivity index (χ3n) is 4.29. The van der Waals surface area contributed by atoms with E-state index in [0.29, 0.717) is 34.6 Å². The number of nitrogens with zero attached hydrogens (tertiary/aromatic N) is 2. The second-order valence-electron chi connectivity index (χ2n) is 5.97. The number of rotatable bonds is 4. The van der Waals surface area contributed by atoms with Crippen molar-refractivity contribution in [2.45, 2.75) is 0 Å². The van der Waals surface area contributed by atoms with Crippen LogP contribution in [0.2, 0.25) is 0 Å². The summed E-state index contributed by atoms with van der Waals surface area (Å²) in [4.78, 5) is 15.0. The van der Waals surface area contributed by atoms with Crippen LogP contribution in [0, 0.1) is 0 Å². The number of benzene rings is 2. The molecule has 0 amide bonds. The molecule has 0 bridgehead atoms. The summed E-state index contributed by atoms with van der Waals surface area (Å²) in [6, 6.07) is 9.27. The zero-order valence-corrected chi connectivity index (χ0v) is 13.5. The Morgan fingerprint density at radius 3 is 2.71 bits per heavy atom. The number of aliphatic hydroxyl groups is 1. The van der Waals surface area contributed by atoms with Crippen molar-refractivity contribution >= 4 is 28.1 Å². The average molecular weight is 323 g/mol. The van der Waals surface area contributed by atoms with Crippen LogP contribution < -0.4 is 10.2 Å².